The van der Waals surface area contributed by atoms with Crippen LogP contribution in [0.15, 0.2) is 4.63 Å². The number of nitrogens with zero attached hydrogens (tertiary/aromatic N) is 2. The number of aromatic nitrogens is 2. The molecule has 0 fully saturated rings. The number of aryl methyl sites for hydroxylation is 2. The zero-order chi connectivity index (χ0) is 9.71. The van der Waals surface area contributed by atoms with E-state index in [1.54, 1.807) is 0 Å². The van der Waals surface area contributed by atoms with Gasteiger partial charge in [0.2, 0.25) is 0 Å². The van der Waals surface area contributed by atoms with Crippen molar-refractivity contribution in [2.24, 2.45) is 0 Å². The molecule has 0 amide bonds. The second-order valence-corrected chi connectivity index (χ2v) is 3.88. The van der Waals surface area contributed by atoms with Gasteiger partial charge in [0.25, 0.3) is 0 Å². The molecule has 3 rings (SSSR count). The van der Waals surface area contributed by atoms with Crippen LogP contribution in [0.4, 0.5) is 11.4 Å². The van der Waals surface area contributed by atoms with Crippen LogP contribution in [-0.2, 0) is 0 Å². The maximum atomic E-state index is 4.74. The Kier molecular flexibility index (Phi) is 1.44. The van der Waals surface area contributed by atoms with E-state index in [0.29, 0.717) is 0 Å². The van der Waals surface area contributed by atoms with Gasteiger partial charge in [0, 0.05) is 11.1 Å². The van der Waals surface area contributed by atoms with Crippen molar-refractivity contribution in [3.8, 4) is 0 Å². The summed E-state index contributed by atoms with van der Waals surface area (Å²) in [5, 5.41) is 7.79. The second kappa shape index (κ2) is 2.54. The molecular formula is C8H8N4OS. The average Bonchev–Trinajstić information content (AvgIpc) is 2.82. The third-order valence-corrected chi connectivity index (χ3v) is 3.12. The summed E-state index contributed by atoms with van der Waals surface area (Å²) in [4.78, 5) is 0. The molecule has 1 aromatic heterocycles. The molecule has 0 radical (unpaired) electrons. The minimum Gasteiger partial charge on any atom is -0.310 e. The topological polar surface area (TPSA) is 63.0 Å². The molecule has 1 aliphatic rings. The van der Waals surface area contributed by atoms with Gasteiger partial charge in [-0.2, -0.15) is 0 Å². The molecule has 0 atom stereocenters. The van der Waals surface area contributed by atoms with Crippen LogP contribution in [-0.4, -0.2) is 10.3 Å². The van der Waals surface area contributed by atoms with Crippen molar-refractivity contribution in [2.45, 2.75) is 13.8 Å². The minimum absolute atomic E-state index is 0.832. The van der Waals surface area contributed by atoms with E-state index in [1.165, 1.54) is 12.1 Å². The van der Waals surface area contributed by atoms with Crippen molar-refractivity contribution >= 4 is 34.5 Å². The smallest absolute Gasteiger partial charge is 0.140 e. The van der Waals surface area contributed by atoms with E-state index < -0.39 is 0 Å². The van der Waals surface area contributed by atoms with Crippen molar-refractivity contribution in [1.82, 2.24) is 10.3 Å². The number of hydrogen-bond acceptors (Lipinski definition) is 6. The number of anilines is 2. The Bertz CT molecular complexity index is 478. The number of hydrogen-bond donors (Lipinski definition) is 2. The Hall–Kier alpha value is -1.43. The third-order valence-electron chi connectivity index (χ3n) is 2.51. The van der Waals surface area contributed by atoms with Gasteiger partial charge < -0.3 is 9.44 Å². The number of nitrogens with one attached hydrogen (secondary N) is 2. The molecule has 72 valence electrons. The molecule has 1 aromatic carbocycles. The summed E-state index contributed by atoms with van der Waals surface area (Å²) in [5.74, 6) is 0. The predicted octanol–water partition coefficient (Wildman–Crippen LogP) is 2.24. The zero-order valence-electron chi connectivity index (χ0n) is 7.71. The molecule has 0 spiro atoms. The molecule has 0 aliphatic carbocycles. The largest absolute Gasteiger partial charge is 0.310 e. The van der Waals surface area contributed by atoms with E-state index in [9.17, 15) is 0 Å². The van der Waals surface area contributed by atoms with Gasteiger partial charge in [0.15, 0.2) is 0 Å². The van der Waals surface area contributed by atoms with Gasteiger partial charge in [-0.25, -0.2) is 4.63 Å². The normalized spacial score (nSPS) is 13.9. The van der Waals surface area contributed by atoms with E-state index >= 15 is 0 Å². The molecule has 0 saturated carbocycles. The van der Waals surface area contributed by atoms with Crippen molar-refractivity contribution in [1.29, 1.82) is 0 Å². The predicted molar refractivity (Wildman–Crippen MR) is 56.1 cm³/mol. The second-order valence-electron chi connectivity index (χ2n) is 3.27. The van der Waals surface area contributed by atoms with Gasteiger partial charge in [-0.15, -0.1) is 0 Å². The summed E-state index contributed by atoms with van der Waals surface area (Å²) < 4.78 is 11.1. The lowest BCUT2D eigenvalue weighted by Gasteiger charge is -2.05. The van der Waals surface area contributed by atoms with Crippen LogP contribution in [0, 0.1) is 13.8 Å². The quantitative estimate of drug-likeness (QED) is 0.647. The van der Waals surface area contributed by atoms with E-state index in [4.69, 9.17) is 4.63 Å². The standard InChI is InChI=1S/C8H8N4OS/c1-3-5-6(10-13-9-5)4(2)8-7(3)11-14-12-8/h11-12H,1-2H3. The van der Waals surface area contributed by atoms with Crippen LogP contribution >= 0.6 is 12.1 Å². The van der Waals surface area contributed by atoms with Crippen LogP contribution in [0.5, 0.6) is 0 Å². The first-order valence-electron chi connectivity index (χ1n) is 4.22. The highest BCUT2D eigenvalue weighted by Crippen LogP contribution is 2.42. The van der Waals surface area contributed by atoms with E-state index in [0.717, 1.165) is 33.5 Å². The van der Waals surface area contributed by atoms with Crippen molar-refractivity contribution in [2.75, 3.05) is 9.44 Å². The number of benzene rings is 1. The molecule has 0 unspecified atom stereocenters. The summed E-state index contributed by atoms with van der Waals surface area (Å²) in [6.45, 7) is 4.01. The molecule has 14 heavy (non-hydrogen) atoms. The lowest BCUT2D eigenvalue weighted by Crippen LogP contribution is -1.89. The Labute approximate surface area is 84.5 Å². The van der Waals surface area contributed by atoms with Gasteiger partial charge in [-0.1, -0.05) is 0 Å². The van der Waals surface area contributed by atoms with Gasteiger partial charge in [-0.05, 0) is 24.2 Å². The first-order valence-corrected chi connectivity index (χ1v) is 5.04. The van der Waals surface area contributed by atoms with E-state index in [2.05, 4.69) is 19.8 Å². The molecule has 2 heterocycles. The molecular weight excluding hydrogens is 200 g/mol. The number of rotatable bonds is 0. The highest BCUT2D eigenvalue weighted by molar-refractivity contribution is 8.02. The Balaban J connectivity index is 2.51. The zero-order valence-corrected chi connectivity index (χ0v) is 8.53. The Morgan fingerprint density at radius 3 is 2.00 bits per heavy atom. The van der Waals surface area contributed by atoms with Crippen molar-refractivity contribution in [3.63, 3.8) is 0 Å². The van der Waals surface area contributed by atoms with Crippen molar-refractivity contribution in [3.05, 3.63) is 11.1 Å². The maximum Gasteiger partial charge on any atom is 0.140 e. The lowest BCUT2D eigenvalue weighted by atomic mass is 10.1. The summed E-state index contributed by atoms with van der Waals surface area (Å²) in [5.41, 5.74) is 5.96. The Morgan fingerprint density at radius 1 is 1.00 bits per heavy atom. The molecule has 0 saturated heterocycles. The van der Waals surface area contributed by atoms with Crippen molar-refractivity contribution < 1.29 is 4.63 Å². The number of fused-ring (bicyclic) bond motifs is 2. The molecule has 1 aliphatic heterocycles. The van der Waals surface area contributed by atoms with Crippen LogP contribution in [0.25, 0.3) is 11.0 Å². The SMILES string of the molecule is Cc1c2c(c(C)c3nonc13)NSN2. The fraction of sp³-hybridized carbons (Fsp3) is 0.250. The Morgan fingerprint density at radius 2 is 1.50 bits per heavy atom. The first-order chi connectivity index (χ1) is 6.79. The molecule has 2 N–H and O–H groups in total. The van der Waals surface area contributed by atoms with Gasteiger partial charge in [0.1, 0.15) is 11.0 Å². The van der Waals surface area contributed by atoms with Crippen LogP contribution < -0.4 is 9.44 Å². The molecule has 6 heteroatoms. The fourth-order valence-corrected chi connectivity index (χ4v) is 2.44. The summed E-state index contributed by atoms with van der Waals surface area (Å²) in [6, 6.07) is 0. The summed E-state index contributed by atoms with van der Waals surface area (Å²) in [6.07, 6.45) is 0. The van der Waals surface area contributed by atoms with Gasteiger partial charge in [-0.3, -0.25) is 0 Å². The van der Waals surface area contributed by atoms with E-state index in [-0.39, 0.29) is 0 Å². The molecule has 0 bridgehead atoms. The summed E-state index contributed by atoms with van der Waals surface area (Å²) in [7, 11) is 0. The highest BCUT2D eigenvalue weighted by atomic mass is 32.2. The lowest BCUT2D eigenvalue weighted by molar-refractivity contribution is 0.315. The first kappa shape index (κ1) is 7.93. The molecule has 5 nitrogen and oxygen atoms in total. The maximum absolute atomic E-state index is 4.74. The van der Waals surface area contributed by atoms with Crippen LogP contribution in [0.1, 0.15) is 11.1 Å². The van der Waals surface area contributed by atoms with Crippen LogP contribution in [0.2, 0.25) is 0 Å². The van der Waals surface area contributed by atoms with Gasteiger partial charge in [0.05, 0.1) is 23.5 Å². The minimum atomic E-state index is 0.832. The highest BCUT2D eigenvalue weighted by Gasteiger charge is 2.21. The molecule has 2 aromatic rings. The van der Waals surface area contributed by atoms with E-state index in [1.807, 2.05) is 13.8 Å². The monoisotopic (exact) mass is 208 g/mol. The summed E-state index contributed by atoms with van der Waals surface area (Å²) >= 11 is 1.46. The third kappa shape index (κ3) is 0.810. The van der Waals surface area contributed by atoms with Crippen LogP contribution in [0.3, 0.4) is 0 Å². The fourth-order valence-electron chi connectivity index (χ4n) is 1.68. The van der Waals surface area contributed by atoms with Gasteiger partial charge >= 0.3 is 0 Å². The average molecular weight is 208 g/mol.